The highest BCUT2D eigenvalue weighted by atomic mass is 79.9. The summed E-state index contributed by atoms with van der Waals surface area (Å²) in [5.41, 5.74) is 0. The van der Waals surface area contributed by atoms with Crippen molar-refractivity contribution in [2.45, 2.75) is 25.7 Å². The summed E-state index contributed by atoms with van der Waals surface area (Å²) in [4.78, 5) is 5.52. The Morgan fingerprint density at radius 1 is 1.40 bits per heavy atom. The first-order chi connectivity index (χ1) is 9.31. The lowest BCUT2D eigenvalue weighted by atomic mass is 9.93. The average molecular weight is 379 g/mol. The lowest BCUT2D eigenvalue weighted by Gasteiger charge is -2.21. The minimum atomic E-state index is 0. The molecule has 20 heavy (non-hydrogen) atoms. The lowest BCUT2D eigenvalue weighted by Crippen LogP contribution is -2.27. The van der Waals surface area contributed by atoms with Crippen LogP contribution in [-0.2, 0) is 6.42 Å². The minimum absolute atomic E-state index is 0. The van der Waals surface area contributed by atoms with Gasteiger partial charge in [0.1, 0.15) is 0 Å². The van der Waals surface area contributed by atoms with Crippen LogP contribution in [0.2, 0.25) is 0 Å². The maximum absolute atomic E-state index is 5.33. The quantitative estimate of drug-likeness (QED) is 0.876. The molecule has 0 atom stereocenters. The van der Waals surface area contributed by atoms with Crippen LogP contribution >= 0.6 is 39.7 Å². The van der Waals surface area contributed by atoms with Gasteiger partial charge >= 0.3 is 0 Å². The van der Waals surface area contributed by atoms with E-state index >= 15 is 0 Å². The van der Waals surface area contributed by atoms with E-state index in [1.807, 2.05) is 11.4 Å². The fraction of sp³-hybridized carbons (Fsp3) is 0.538. The molecule has 7 heteroatoms. The van der Waals surface area contributed by atoms with E-state index < -0.39 is 0 Å². The summed E-state index contributed by atoms with van der Waals surface area (Å²) in [7, 11) is 0. The number of hydrogen-bond acceptors (Lipinski definition) is 5. The second kappa shape index (κ2) is 7.54. The largest absolute Gasteiger partial charge is 0.339 e. The van der Waals surface area contributed by atoms with Crippen LogP contribution in [0.3, 0.4) is 0 Å². The highest BCUT2D eigenvalue weighted by molar-refractivity contribution is 9.10. The van der Waals surface area contributed by atoms with Crippen molar-refractivity contribution in [3.63, 3.8) is 0 Å². The molecule has 0 aliphatic carbocycles. The standard InChI is InChI=1S/C13H16BrN3OS.ClH/c14-10-7-11(19-8-10)13-16-12(18-17-13)2-1-9-3-5-15-6-4-9;/h7-9,15H,1-6H2;1H. The number of aromatic nitrogens is 2. The fourth-order valence-corrected chi connectivity index (χ4v) is 3.74. The van der Waals surface area contributed by atoms with E-state index in [9.17, 15) is 0 Å². The molecule has 0 spiro atoms. The first kappa shape index (κ1) is 15.9. The maximum Gasteiger partial charge on any atom is 0.226 e. The zero-order valence-corrected chi connectivity index (χ0v) is 14.2. The van der Waals surface area contributed by atoms with Gasteiger partial charge in [0, 0.05) is 16.3 Å². The fourth-order valence-electron chi connectivity index (χ4n) is 2.38. The molecule has 3 heterocycles. The zero-order chi connectivity index (χ0) is 13.1. The Balaban J connectivity index is 0.00000147. The second-order valence-electron chi connectivity index (χ2n) is 4.87. The smallest absolute Gasteiger partial charge is 0.226 e. The summed E-state index contributed by atoms with van der Waals surface area (Å²) in [5, 5.41) is 9.47. The molecule has 0 unspecified atom stereocenters. The summed E-state index contributed by atoms with van der Waals surface area (Å²) >= 11 is 5.06. The zero-order valence-electron chi connectivity index (χ0n) is 11.0. The number of thiophene rings is 1. The van der Waals surface area contributed by atoms with E-state index in [0.29, 0.717) is 5.82 Å². The summed E-state index contributed by atoms with van der Waals surface area (Å²) in [5.74, 6) is 2.27. The Kier molecular flexibility index (Phi) is 6.01. The van der Waals surface area contributed by atoms with Gasteiger partial charge in [-0.05, 0) is 60.3 Å². The molecular formula is C13H17BrClN3OS. The third kappa shape index (κ3) is 4.04. The van der Waals surface area contributed by atoms with Gasteiger partial charge in [-0.1, -0.05) is 5.16 Å². The van der Waals surface area contributed by atoms with Crippen LogP contribution in [-0.4, -0.2) is 23.2 Å². The predicted molar refractivity (Wildman–Crippen MR) is 86.5 cm³/mol. The number of nitrogens with one attached hydrogen (secondary N) is 1. The average Bonchev–Trinajstić information content (AvgIpc) is 3.06. The second-order valence-corrected chi connectivity index (χ2v) is 6.70. The van der Waals surface area contributed by atoms with Gasteiger partial charge in [-0.3, -0.25) is 0 Å². The Hall–Kier alpha value is -0.430. The lowest BCUT2D eigenvalue weighted by molar-refractivity contribution is 0.324. The van der Waals surface area contributed by atoms with Gasteiger partial charge in [0.15, 0.2) is 0 Å². The summed E-state index contributed by atoms with van der Waals surface area (Å²) in [6, 6.07) is 2.02. The van der Waals surface area contributed by atoms with Gasteiger partial charge in [-0.15, -0.1) is 23.7 Å². The van der Waals surface area contributed by atoms with Crippen LogP contribution in [0.4, 0.5) is 0 Å². The van der Waals surface area contributed by atoms with Crippen molar-refractivity contribution in [2.75, 3.05) is 13.1 Å². The Labute approximate surface area is 136 Å². The molecule has 1 aliphatic heterocycles. The Morgan fingerprint density at radius 3 is 2.90 bits per heavy atom. The molecule has 1 saturated heterocycles. The number of halogens is 2. The highest BCUT2D eigenvalue weighted by Gasteiger charge is 2.15. The van der Waals surface area contributed by atoms with Crippen LogP contribution < -0.4 is 5.32 Å². The molecule has 1 fully saturated rings. The topological polar surface area (TPSA) is 51.0 Å². The molecule has 0 amide bonds. The van der Waals surface area contributed by atoms with Crippen molar-refractivity contribution in [3.05, 3.63) is 21.8 Å². The summed E-state index contributed by atoms with van der Waals surface area (Å²) < 4.78 is 6.40. The maximum atomic E-state index is 5.33. The molecule has 1 aliphatic rings. The van der Waals surface area contributed by atoms with Crippen molar-refractivity contribution in [1.29, 1.82) is 0 Å². The first-order valence-corrected chi connectivity index (χ1v) is 8.26. The predicted octanol–water partition coefficient (Wildman–Crippen LogP) is 3.91. The van der Waals surface area contributed by atoms with Crippen molar-refractivity contribution >= 4 is 39.7 Å². The number of nitrogens with zero attached hydrogens (tertiary/aromatic N) is 2. The highest BCUT2D eigenvalue weighted by Crippen LogP contribution is 2.28. The van der Waals surface area contributed by atoms with Gasteiger partial charge in [-0.25, -0.2) is 0 Å². The van der Waals surface area contributed by atoms with E-state index in [2.05, 4.69) is 31.4 Å². The monoisotopic (exact) mass is 377 g/mol. The number of rotatable bonds is 4. The van der Waals surface area contributed by atoms with E-state index in [4.69, 9.17) is 4.52 Å². The molecule has 4 nitrogen and oxygen atoms in total. The normalized spacial score (nSPS) is 16.1. The number of aryl methyl sites for hydroxylation is 1. The molecule has 0 aromatic carbocycles. The summed E-state index contributed by atoms with van der Waals surface area (Å²) in [6.45, 7) is 2.28. The van der Waals surface area contributed by atoms with Gasteiger partial charge in [0.25, 0.3) is 0 Å². The Morgan fingerprint density at radius 2 is 2.20 bits per heavy atom. The van der Waals surface area contributed by atoms with Crippen LogP contribution in [0.1, 0.15) is 25.2 Å². The van der Waals surface area contributed by atoms with Crippen LogP contribution in [0.25, 0.3) is 10.7 Å². The van der Waals surface area contributed by atoms with Crippen LogP contribution in [0, 0.1) is 5.92 Å². The van der Waals surface area contributed by atoms with E-state index in [-0.39, 0.29) is 12.4 Å². The van der Waals surface area contributed by atoms with Crippen molar-refractivity contribution in [1.82, 2.24) is 15.5 Å². The molecule has 0 saturated carbocycles. The SMILES string of the molecule is Brc1csc(-c2noc(CCC3CCNCC3)n2)c1.Cl. The van der Waals surface area contributed by atoms with Crippen LogP contribution in [0.15, 0.2) is 20.4 Å². The molecule has 110 valence electrons. The minimum Gasteiger partial charge on any atom is -0.339 e. The van der Waals surface area contributed by atoms with E-state index in [0.717, 1.165) is 47.1 Å². The van der Waals surface area contributed by atoms with E-state index in [1.165, 1.54) is 12.8 Å². The third-order valence-electron chi connectivity index (χ3n) is 3.48. The summed E-state index contributed by atoms with van der Waals surface area (Å²) in [6.07, 6.45) is 4.57. The molecule has 1 N–H and O–H groups in total. The Bertz CT molecular complexity index is 539. The first-order valence-electron chi connectivity index (χ1n) is 6.59. The molecule has 3 rings (SSSR count). The van der Waals surface area contributed by atoms with E-state index in [1.54, 1.807) is 11.3 Å². The number of piperidine rings is 1. The third-order valence-corrected chi connectivity index (χ3v) is 5.17. The van der Waals surface area contributed by atoms with Crippen molar-refractivity contribution < 1.29 is 4.52 Å². The van der Waals surface area contributed by atoms with Crippen molar-refractivity contribution in [3.8, 4) is 10.7 Å². The van der Waals surface area contributed by atoms with Gasteiger partial charge in [0.2, 0.25) is 11.7 Å². The molecule has 2 aromatic heterocycles. The van der Waals surface area contributed by atoms with Gasteiger partial charge in [0.05, 0.1) is 4.88 Å². The molecule has 2 aromatic rings. The molecular weight excluding hydrogens is 362 g/mol. The van der Waals surface area contributed by atoms with Crippen LogP contribution in [0.5, 0.6) is 0 Å². The molecule has 0 bridgehead atoms. The van der Waals surface area contributed by atoms with Gasteiger partial charge < -0.3 is 9.84 Å². The molecule has 0 radical (unpaired) electrons. The van der Waals surface area contributed by atoms with Gasteiger partial charge in [-0.2, -0.15) is 4.98 Å². The van der Waals surface area contributed by atoms with Crippen molar-refractivity contribution in [2.24, 2.45) is 5.92 Å². The number of hydrogen-bond donors (Lipinski definition) is 1.